The molecular formula is C9H14ClNOS. The van der Waals surface area contributed by atoms with Crippen molar-refractivity contribution < 1.29 is 0 Å². The van der Waals surface area contributed by atoms with E-state index in [2.05, 4.69) is 0 Å². The zero-order valence-electron chi connectivity index (χ0n) is 7.97. The van der Waals surface area contributed by atoms with E-state index in [1.54, 1.807) is 0 Å². The maximum atomic E-state index is 11.4. The smallest absolute Gasteiger partial charge is 0.303 e. The molecule has 0 bridgehead atoms. The average Bonchev–Trinajstić information content (AvgIpc) is 2.32. The molecule has 0 amide bonds. The van der Waals surface area contributed by atoms with Crippen molar-refractivity contribution in [2.75, 3.05) is 5.88 Å². The van der Waals surface area contributed by atoms with Crippen LogP contribution in [0.3, 0.4) is 0 Å². The molecule has 1 aromatic rings. The highest BCUT2D eigenvalue weighted by Gasteiger charge is 2.05. The zero-order chi connectivity index (χ0) is 9.84. The predicted molar refractivity (Wildman–Crippen MR) is 58.0 cm³/mol. The monoisotopic (exact) mass is 219 g/mol. The summed E-state index contributed by atoms with van der Waals surface area (Å²) in [7, 11) is 0. The average molecular weight is 220 g/mol. The molecule has 1 aromatic heterocycles. The van der Waals surface area contributed by atoms with Crippen LogP contribution in [0.25, 0.3) is 0 Å². The number of thiazole rings is 1. The Bertz CT molecular complexity index is 329. The lowest BCUT2D eigenvalue weighted by Crippen LogP contribution is -2.14. The summed E-state index contributed by atoms with van der Waals surface area (Å²) in [5, 5.41) is 0. The van der Waals surface area contributed by atoms with Crippen molar-refractivity contribution in [2.24, 2.45) is 0 Å². The van der Waals surface area contributed by atoms with E-state index in [1.807, 2.05) is 18.4 Å². The Balaban J connectivity index is 2.70. The summed E-state index contributed by atoms with van der Waals surface area (Å²) < 4.78 is 1.84. The second kappa shape index (κ2) is 4.82. The Labute approximate surface area is 87.2 Å². The van der Waals surface area contributed by atoms with Crippen LogP contribution in [0.15, 0.2) is 4.79 Å². The van der Waals surface area contributed by atoms with E-state index in [-0.39, 0.29) is 4.87 Å². The van der Waals surface area contributed by atoms with Crippen LogP contribution in [0.2, 0.25) is 0 Å². The standard InChI is InChI=1S/C9H14ClNOS/c1-7-8(2)13-9(12)11(7)6-4-3-5-10/h3-6H2,1-2H3. The Morgan fingerprint density at radius 1 is 1.38 bits per heavy atom. The van der Waals surface area contributed by atoms with Crippen molar-refractivity contribution in [1.29, 1.82) is 0 Å². The fourth-order valence-corrected chi connectivity index (χ4v) is 2.26. The maximum Gasteiger partial charge on any atom is 0.307 e. The van der Waals surface area contributed by atoms with Crippen LogP contribution in [-0.2, 0) is 6.54 Å². The molecule has 0 fully saturated rings. The molecule has 0 saturated carbocycles. The molecule has 0 atom stereocenters. The zero-order valence-corrected chi connectivity index (χ0v) is 9.54. The number of alkyl halides is 1. The van der Waals surface area contributed by atoms with Gasteiger partial charge in [0.2, 0.25) is 0 Å². The molecule has 1 rings (SSSR count). The first-order chi connectivity index (χ1) is 6.16. The number of hydrogen-bond donors (Lipinski definition) is 0. The third kappa shape index (κ3) is 2.58. The fourth-order valence-electron chi connectivity index (χ4n) is 1.21. The molecule has 1 heterocycles. The summed E-state index contributed by atoms with van der Waals surface area (Å²) in [6.07, 6.45) is 1.96. The molecule has 13 heavy (non-hydrogen) atoms. The highest BCUT2D eigenvalue weighted by atomic mass is 35.5. The number of unbranched alkanes of at least 4 members (excludes halogenated alkanes) is 1. The lowest BCUT2D eigenvalue weighted by Gasteiger charge is -2.02. The second-order valence-electron chi connectivity index (χ2n) is 3.06. The molecule has 74 valence electrons. The van der Waals surface area contributed by atoms with Crippen LogP contribution < -0.4 is 4.87 Å². The van der Waals surface area contributed by atoms with Gasteiger partial charge in [-0.25, -0.2) is 0 Å². The van der Waals surface area contributed by atoms with Crippen molar-refractivity contribution in [1.82, 2.24) is 4.57 Å². The van der Waals surface area contributed by atoms with Gasteiger partial charge in [0.1, 0.15) is 0 Å². The van der Waals surface area contributed by atoms with E-state index in [0.717, 1.165) is 30.0 Å². The van der Waals surface area contributed by atoms with Crippen molar-refractivity contribution in [3.63, 3.8) is 0 Å². The SMILES string of the molecule is Cc1sc(=O)n(CCCCCl)c1C. The number of rotatable bonds is 4. The fraction of sp³-hybridized carbons (Fsp3) is 0.667. The van der Waals surface area contributed by atoms with Gasteiger partial charge in [-0.15, -0.1) is 11.6 Å². The van der Waals surface area contributed by atoms with Crippen LogP contribution in [0.1, 0.15) is 23.4 Å². The van der Waals surface area contributed by atoms with Gasteiger partial charge in [-0.05, 0) is 26.7 Å². The topological polar surface area (TPSA) is 22.0 Å². The van der Waals surface area contributed by atoms with E-state index in [0.29, 0.717) is 5.88 Å². The Hall–Kier alpha value is -0.280. The molecule has 0 N–H and O–H groups in total. The third-order valence-corrected chi connectivity index (χ3v) is 3.40. The predicted octanol–water partition coefficient (Wildman–Crippen LogP) is 2.55. The van der Waals surface area contributed by atoms with Crippen molar-refractivity contribution in [3.8, 4) is 0 Å². The van der Waals surface area contributed by atoms with Gasteiger partial charge in [-0.3, -0.25) is 4.79 Å². The van der Waals surface area contributed by atoms with Crippen LogP contribution in [0.4, 0.5) is 0 Å². The van der Waals surface area contributed by atoms with Crippen LogP contribution in [0.5, 0.6) is 0 Å². The Morgan fingerprint density at radius 2 is 2.08 bits per heavy atom. The minimum Gasteiger partial charge on any atom is -0.303 e. The highest BCUT2D eigenvalue weighted by Crippen LogP contribution is 2.10. The van der Waals surface area contributed by atoms with Gasteiger partial charge >= 0.3 is 4.87 Å². The summed E-state index contributed by atoms with van der Waals surface area (Å²) in [5.74, 6) is 0.677. The number of aryl methyl sites for hydroxylation is 1. The van der Waals surface area contributed by atoms with E-state index in [4.69, 9.17) is 11.6 Å². The summed E-state index contributed by atoms with van der Waals surface area (Å²) in [4.78, 5) is 12.7. The first-order valence-electron chi connectivity index (χ1n) is 4.39. The molecule has 0 saturated heterocycles. The molecule has 0 spiro atoms. The number of halogens is 1. The third-order valence-electron chi connectivity index (χ3n) is 2.14. The molecule has 0 aromatic carbocycles. The summed E-state index contributed by atoms with van der Waals surface area (Å²) >= 11 is 6.90. The van der Waals surface area contributed by atoms with Gasteiger partial charge in [0, 0.05) is 23.0 Å². The van der Waals surface area contributed by atoms with Crippen molar-refractivity contribution in [3.05, 3.63) is 20.2 Å². The Kier molecular flexibility index (Phi) is 4.00. The molecule has 0 aliphatic carbocycles. The quantitative estimate of drug-likeness (QED) is 0.564. The van der Waals surface area contributed by atoms with Crippen LogP contribution in [-0.4, -0.2) is 10.4 Å². The van der Waals surface area contributed by atoms with Gasteiger partial charge < -0.3 is 4.57 Å². The molecule has 0 radical (unpaired) electrons. The minimum absolute atomic E-state index is 0.157. The lowest BCUT2D eigenvalue weighted by molar-refractivity contribution is 0.611. The van der Waals surface area contributed by atoms with Gasteiger partial charge in [-0.2, -0.15) is 0 Å². The number of hydrogen-bond acceptors (Lipinski definition) is 2. The van der Waals surface area contributed by atoms with E-state index in [9.17, 15) is 4.79 Å². The number of aromatic nitrogens is 1. The molecule has 0 aliphatic heterocycles. The van der Waals surface area contributed by atoms with Gasteiger partial charge in [0.05, 0.1) is 0 Å². The maximum absolute atomic E-state index is 11.4. The van der Waals surface area contributed by atoms with Crippen molar-refractivity contribution >= 4 is 22.9 Å². The normalized spacial score (nSPS) is 10.7. The minimum atomic E-state index is 0.157. The van der Waals surface area contributed by atoms with Gasteiger partial charge in [0.15, 0.2) is 0 Å². The first-order valence-corrected chi connectivity index (χ1v) is 5.74. The van der Waals surface area contributed by atoms with Crippen LogP contribution in [0, 0.1) is 13.8 Å². The first kappa shape index (κ1) is 10.8. The van der Waals surface area contributed by atoms with E-state index >= 15 is 0 Å². The molecule has 0 aliphatic rings. The largest absolute Gasteiger partial charge is 0.307 e. The van der Waals surface area contributed by atoms with Gasteiger partial charge in [0.25, 0.3) is 0 Å². The Morgan fingerprint density at radius 3 is 2.54 bits per heavy atom. The molecule has 4 heteroatoms. The molecule has 2 nitrogen and oxygen atoms in total. The van der Waals surface area contributed by atoms with Gasteiger partial charge in [-0.1, -0.05) is 11.3 Å². The number of nitrogens with zero attached hydrogens (tertiary/aromatic N) is 1. The highest BCUT2D eigenvalue weighted by molar-refractivity contribution is 7.09. The summed E-state index contributed by atoms with van der Waals surface area (Å²) in [5.41, 5.74) is 1.10. The molecular weight excluding hydrogens is 206 g/mol. The van der Waals surface area contributed by atoms with E-state index in [1.165, 1.54) is 11.3 Å². The summed E-state index contributed by atoms with van der Waals surface area (Å²) in [6.45, 7) is 4.79. The van der Waals surface area contributed by atoms with Crippen molar-refractivity contribution in [2.45, 2.75) is 33.2 Å². The van der Waals surface area contributed by atoms with E-state index < -0.39 is 0 Å². The summed E-state index contributed by atoms with van der Waals surface area (Å²) in [6, 6.07) is 0. The molecule has 0 unspecified atom stereocenters. The second-order valence-corrected chi connectivity index (χ2v) is 4.60. The van der Waals surface area contributed by atoms with Crippen LogP contribution >= 0.6 is 22.9 Å². The lowest BCUT2D eigenvalue weighted by atomic mass is 10.3.